The number of nitrogens with zero attached hydrogens (tertiary/aromatic N) is 1. The van der Waals surface area contributed by atoms with Gasteiger partial charge in [-0.05, 0) is 30.5 Å². The molecule has 2 aliphatic rings. The first-order valence-corrected chi connectivity index (χ1v) is 10.2. The molecule has 0 aromatic heterocycles. The molecule has 1 aromatic rings. The lowest BCUT2D eigenvalue weighted by Crippen LogP contribution is -2.42. The first-order valence-electron chi connectivity index (χ1n) is 8.37. The lowest BCUT2D eigenvalue weighted by Gasteiger charge is -2.28. The summed E-state index contributed by atoms with van der Waals surface area (Å²) in [7, 11) is -3.01. The standard InChI is InChI=1S/C17H23NO5S/c1-2-6-18(14-5-9-24(20,21)12-14)17(19)11-13-3-4-15-16(10-13)23-8-7-22-15/h3-4,10,14H,2,5-9,11-12H2,1H3. The summed E-state index contributed by atoms with van der Waals surface area (Å²) in [5, 5.41) is 0. The number of carbonyl (C=O) groups excluding carboxylic acids is 1. The Balaban J connectivity index is 1.71. The first-order chi connectivity index (χ1) is 11.5. The maximum absolute atomic E-state index is 12.7. The number of rotatable bonds is 5. The summed E-state index contributed by atoms with van der Waals surface area (Å²) in [6, 6.07) is 5.32. The zero-order chi connectivity index (χ0) is 17.2. The van der Waals surface area contributed by atoms with E-state index in [4.69, 9.17) is 9.47 Å². The van der Waals surface area contributed by atoms with Crippen molar-refractivity contribution < 1.29 is 22.7 Å². The Morgan fingerprint density at radius 3 is 2.67 bits per heavy atom. The van der Waals surface area contributed by atoms with Gasteiger partial charge in [-0.3, -0.25) is 4.79 Å². The van der Waals surface area contributed by atoms with Crippen LogP contribution < -0.4 is 9.47 Å². The van der Waals surface area contributed by atoms with Gasteiger partial charge in [0.25, 0.3) is 0 Å². The Morgan fingerprint density at radius 2 is 2.00 bits per heavy atom. The molecule has 24 heavy (non-hydrogen) atoms. The molecule has 1 unspecified atom stereocenters. The van der Waals surface area contributed by atoms with Gasteiger partial charge >= 0.3 is 0 Å². The molecular formula is C17H23NO5S. The summed E-state index contributed by atoms with van der Waals surface area (Å²) in [5.41, 5.74) is 0.853. The van der Waals surface area contributed by atoms with Crippen LogP contribution in [0.2, 0.25) is 0 Å². The molecule has 0 bridgehead atoms. The fraction of sp³-hybridized carbons (Fsp3) is 0.588. The number of ether oxygens (including phenoxy) is 2. The van der Waals surface area contributed by atoms with Gasteiger partial charge in [0.15, 0.2) is 21.3 Å². The van der Waals surface area contributed by atoms with Crippen LogP contribution in [0.3, 0.4) is 0 Å². The Labute approximate surface area is 142 Å². The van der Waals surface area contributed by atoms with Crippen LogP contribution in [0.5, 0.6) is 11.5 Å². The number of hydrogen-bond acceptors (Lipinski definition) is 5. The minimum absolute atomic E-state index is 0.0318. The van der Waals surface area contributed by atoms with E-state index in [0.717, 1.165) is 12.0 Å². The smallest absolute Gasteiger partial charge is 0.227 e. The second kappa shape index (κ2) is 7.01. The quantitative estimate of drug-likeness (QED) is 0.801. The zero-order valence-electron chi connectivity index (χ0n) is 13.9. The molecule has 2 aliphatic heterocycles. The second-order valence-electron chi connectivity index (χ2n) is 6.30. The Hall–Kier alpha value is -1.76. The highest BCUT2D eigenvalue weighted by Gasteiger charge is 2.34. The summed E-state index contributed by atoms with van der Waals surface area (Å²) >= 11 is 0. The van der Waals surface area contributed by atoms with Crippen LogP contribution in [0.1, 0.15) is 25.3 Å². The summed E-state index contributed by atoms with van der Waals surface area (Å²) in [6.07, 6.45) is 1.59. The van der Waals surface area contributed by atoms with E-state index in [0.29, 0.717) is 37.7 Å². The number of fused-ring (bicyclic) bond motifs is 1. The Kier molecular flexibility index (Phi) is 4.99. The average molecular weight is 353 g/mol. The van der Waals surface area contributed by atoms with Gasteiger partial charge in [-0.25, -0.2) is 8.42 Å². The third-order valence-corrected chi connectivity index (χ3v) is 6.15. The van der Waals surface area contributed by atoms with Gasteiger partial charge in [0.05, 0.1) is 17.9 Å². The van der Waals surface area contributed by atoms with Crippen LogP contribution >= 0.6 is 0 Å². The summed E-state index contributed by atoms with van der Waals surface area (Å²) in [4.78, 5) is 14.5. The molecule has 0 spiro atoms. The van der Waals surface area contributed by atoms with E-state index in [-0.39, 0.29) is 29.9 Å². The Morgan fingerprint density at radius 1 is 1.25 bits per heavy atom. The van der Waals surface area contributed by atoms with Crippen molar-refractivity contribution in [3.63, 3.8) is 0 Å². The highest BCUT2D eigenvalue weighted by atomic mass is 32.2. The van der Waals surface area contributed by atoms with Gasteiger partial charge in [0.2, 0.25) is 5.91 Å². The molecular weight excluding hydrogens is 330 g/mol. The van der Waals surface area contributed by atoms with Crippen molar-refractivity contribution in [2.75, 3.05) is 31.3 Å². The molecule has 0 radical (unpaired) electrons. The van der Waals surface area contributed by atoms with E-state index in [1.807, 2.05) is 25.1 Å². The topological polar surface area (TPSA) is 72.9 Å². The fourth-order valence-corrected chi connectivity index (χ4v) is 4.98. The number of carbonyl (C=O) groups is 1. The summed E-state index contributed by atoms with van der Waals surface area (Å²) in [5.74, 6) is 1.59. The summed E-state index contributed by atoms with van der Waals surface area (Å²) < 4.78 is 34.5. The van der Waals surface area contributed by atoms with Gasteiger partial charge in [-0.2, -0.15) is 0 Å². The molecule has 1 saturated heterocycles. The molecule has 132 valence electrons. The normalized spacial score (nSPS) is 21.5. The lowest BCUT2D eigenvalue weighted by molar-refractivity contribution is -0.132. The van der Waals surface area contributed by atoms with Crippen molar-refractivity contribution in [2.24, 2.45) is 0 Å². The third-order valence-electron chi connectivity index (χ3n) is 4.40. The van der Waals surface area contributed by atoms with E-state index in [9.17, 15) is 13.2 Å². The highest BCUT2D eigenvalue weighted by molar-refractivity contribution is 7.91. The number of sulfone groups is 1. The average Bonchev–Trinajstić information content (AvgIpc) is 2.92. The highest BCUT2D eigenvalue weighted by Crippen LogP contribution is 2.31. The molecule has 0 saturated carbocycles. The van der Waals surface area contributed by atoms with E-state index in [1.165, 1.54) is 0 Å². The summed E-state index contributed by atoms with van der Waals surface area (Å²) in [6.45, 7) is 3.62. The van der Waals surface area contributed by atoms with Crippen LogP contribution in [0, 0.1) is 0 Å². The molecule has 3 rings (SSSR count). The van der Waals surface area contributed by atoms with E-state index in [1.54, 1.807) is 4.90 Å². The van der Waals surface area contributed by atoms with Crippen molar-refractivity contribution >= 4 is 15.7 Å². The molecule has 2 heterocycles. The van der Waals surface area contributed by atoms with Crippen molar-refractivity contribution in [3.8, 4) is 11.5 Å². The minimum atomic E-state index is -3.01. The van der Waals surface area contributed by atoms with Crippen LogP contribution in [-0.4, -0.2) is 56.5 Å². The van der Waals surface area contributed by atoms with E-state index < -0.39 is 9.84 Å². The van der Waals surface area contributed by atoms with E-state index >= 15 is 0 Å². The molecule has 1 fully saturated rings. The molecule has 6 nitrogen and oxygen atoms in total. The van der Waals surface area contributed by atoms with Crippen molar-refractivity contribution in [2.45, 2.75) is 32.2 Å². The predicted octanol–water partition coefficient (Wildman–Crippen LogP) is 1.43. The van der Waals surface area contributed by atoms with Crippen molar-refractivity contribution in [1.82, 2.24) is 4.90 Å². The lowest BCUT2D eigenvalue weighted by atomic mass is 10.1. The van der Waals surface area contributed by atoms with Gasteiger partial charge in [-0.1, -0.05) is 13.0 Å². The zero-order valence-corrected chi connectivity index (χ0v) is 14.7. The molecule has 1 atom stereocenters. The van der Waals surface area contributed by atoms with Crippen LogP contribution in [0.25, 0.3) is 0 Å². The minimum Gasteiger partial charge on any atom is -0.486 e. The largest absolute Gasteiger partial charge is 0.486 e. The third kappa shape index (κ3) is 3.83. The second-order valence-corrected chi connectivity index (χ2v) is 8.53. The number of amides is 1. The maximum atomic E-state index is 12.7. The van der Waals surface area contributed by atoms with Crippen molar-refractivity contribution in [1.29, 1.82) is 0 Å². The molecule has 1 aromatic carbocycles. The predicted molar refractivity (Wildman–Crippen MR) is 90.2 cm³/mol. The van der Waals surface area contributed by atoms with Gasteiger partial charge in [0, 0.05) is 12.6 Å². The van der Waals surface area contributed by atoms with Gasteiger partial charge in [0.1, 0.15) is 13.2 Å². The van der Waals surface area contributed by atoms with Gasteiger partial charge in [-0.15, -0.1) is 0 Å². The molecule has 1 amide bonds. The van der Waals surface area contributed by atoms with Crippen LogP contribution in [-0.2, 0) is 21.1 Å². The maximum Gasteiger partial charge on any atom is 0.227 e. The molecule has 0 aliphatic carbocycles. The molecule has 0 N–H and O–H groups in total. The number of hydrogen-bond donors (Lipinski definition) is 0. The number of benzene rings is 1. The van der Waals surface area contributed by atoms with Crippen molar-refractivity contribution in [3.05, 3.63) is 23.8 Å². The van der Waals surface area contributed by atoms with Crippen LogP contribution in [0.15, 0.2) is 18.2 Å². The van der Waals surface area contributed by atoms with Gasteiger partial charge < -0.3 is 14.4 Å². The monoisotopic (exact) mass is 353 g/mol. The van der Waals surface area contributed by atoms with Crippen LogP contribution in [0.4, 0.5) is 0 Å². The van der Waals surface area contributed by atoms with E-state index in [2.05, 4.69) is 0 Å². The first kappa shape index (κ1) is 17.1. The fourth-order valence-electron chi connectivity index (χ4n) is 3.25. The Bertz CT molecular complexity index is 716. The molecule has 7 heteroatoms. The SMILES string of the molecule is CCCN(C(=O)Cc1ccc2c(c1)OCCO2)C1CCS(=O)(=O)C1.